The maximum absolute atomic E-state index is 6.03. The Balaban J connectivity index is 0.899. The van der Waals surface area contributed by atoms with Crippen molar-refractivity contribution in [3.05, 3.63) is 127 Å². The summed E-state index contributed by atoms with van der Waals surface area (Å²) in [4.78, 5) is 4.44. The molecule has 7 rings (SSSR count). The molecule has 46 heavy (non-hydrogen) atoms. The zero-order chi connectivity index (χ0) is 31.3. The summed E-state index contributed by atoms with van der Waals surface area (Å²) in [6.45, 7) is 7.05. The van der Waals surface area contributed by atoms with Crippen LogP contribution in [-0.4, -0.2) is 43.6 Å². The van der Waals surface area contributed by atoms with Crippen LogP contribution < -0.4 is 9.47 Å². The van der Waals surface area contributed by atoms with Crippen LogP contribution in [0.25, 0.3) is 22.3 Å². The van der Waals surface area contributed by atoms with Crippen LogP contribution in [0.1, 0.15) is 37.2 Å². The van der Waals surface area contributed by atoms with Gasteiger partial charge < -0.3 is 28.4 Å². The van der Waals surface area contributed by atoms with Gasteiger partial charge in [-0.2, -0.15) is 0 Å². The maximum Gasteiger partial charge on any atom is 0.219 e. The Morgan fingerprint density at radius 3 is 1.33 bits per heavy atom. The van der Waals surface area contributed by atoms with Gasteiger partial charge in [-0.15, -0.1) is 0 Å². The first kappa shape index (κ1) is 30.1. The Labute approximate surface area is 269 Å². The van der Waals surface area contributed by atoms with Crippen molar-refractivity contribution in [2.75, 3.05) is 26.4 Å². The van der Waals surface area contributed by atoms with Crippen molar-refractivity contribution in [1.29, 1.82) is 0 Å². The minimum absolute atomic E-state index is 0.0378. The number of ether oxygens (including phenoxy) is 6. The van der Waals surface area contributed by atoms with E-state index in [1.54, 1.807) is 12.3 Å². The molecule has 2 fully saturated rings. The molecule has 3 heterocycles. The highest BCUT2D eigenvalue weighted by Gasteiger charge is 2.24. The van der Waals surface area contributed by atoms with Gasteiger partial charge in [0.2, 0.25) is 5.88 Å². The van der Waals surface area contributed by atoms with Gasteiger partial charge in [-0.25, -0.2) is 4.98 Å². The summed E-state index contributed by atoms with van der Waals surface area (Å²) in [5, 5.41) is 0. The SMILES string of the molecule is CC(OCC1CO1)c1ccc(-c2ccc(Oc3ccc(Oc4ccc(-c5ccc(C(C)OCC6CO6)cc5)cc4)nc3)cc2)cc1. The molecule has 234 valence electrons. The van der Waals surface area contributed by atoms with Crippen LogP contribution in [0.4, 0.5) is 0 Å². The summed E-state index contributed by atoms with van der Waals surface area (Å²) in [6, 6.07) is 36.6. The van der Waals surface area contributed by atoms with Gasteiger partial charge in [-0.1, -0.05) is 72.8 Å². The fourth-order valence-electron chi connectivity index (χ4n) is 5.09. The van der Waals surface area contributed by atoms with Gasteiger partial charge in [0.15, 0.2) is 0 Å². The number of nitrogens with zero attached hydrogens (tertiary/aromatic N) is 1. The van der Waals surface area contributed by atoms with Crippen molar-refractivity contribution in [2.24, 2.45) is 0 Å². The number of hydrogen-bond donors (Lipinski definition) is 0. The molecule has 2 saturated heterocycles. The second-order valence-electron chi connectivity index (χ2n) is 11.7. The molecular formula is C39H37NO6. The van der Waals surface area contributed by atoms with Crippen LogP contribution in [0.2, 0.25) is 0 Å². The summed E-state index contributed by atoms with van der Waals surface area (Å²) in [5.41, 5.74) is 6.80. The smallest absolute Gasteiger partial charge is 0.219 e. The predicted molar refractivity (Wildman–Crippen MR) is 176 cm³/mol. The van der Waals surface area contributed by atoms with Gasteiger partial charge >= 0.3 is 0 Å². The average Bonchev–Trinajstić information content (AvgIpc) is 4.04. The van der Waals surface area contributed by atoms with Gasteiger partial charge in [0.25, 0.3) is 0 Å². The first-order valence-electron chi connectivity index (χ1n) is 15.7. The predicted octanol–water partition coefficient (Wildman–Crippen LogP) is 8.95. The molecule has 2 aliphatic heterocycles. The lowest BCUT2D eigenvalue weighted by molar-refractivity contribution is 0.0539. The molecule has 1 aromatic heterocycles. The van der Waals surface area contributed by atoms with Crippen molar-refractivity contribution < 1.29 is 28.4 Å². The minimum atomic E-state index is 0.0378. The lowest BCUT2D eigenvalue weighted by Gasteiger charge is -2.13. The van der Waals surface area contributed by atoms with E-state index in [1.807, 2.05) is 42.5 Å². The Kier molecular flexibility index (Phi) is 9.08. The van der Waals surface area contributed by atoms with Crippen LogP contribution in [0.15, 0.2) is 115 Å². The van der Waals surface area contributed by atoms with Gasteiger partial charge in [-0.3, -0.25) is 0 Å². The fourth-order valence-corrected chi connectivity index (χ4v) is 5.09. The Bertz CT molecular complexity index is 1570. The normalized spacial score (nSPS) is 18.0. The molecule has 0 spiro atoms. The third-order valence-electron chi connectivity index (χ3n) is 8.17. The molecule has 0 aliphatic carbocycles. The zero-order valence-corrected chi connectivity index (χ0v) is 26.0. The van der Waals surface area contributed by atoms with Crippen molar-refractivity contribution in [1.82, 2.24) is 4.98 Å². The molecule has 5 aromatic rings. The van der Waals surface area contributed by atoms with Crippen molar-refractivity contribution in [2.45, 2.75) is 38.3 Å². The van der Waals surface area contributed by atoms with E-state index in [1.165, 1.54) is 0 Å². The number of aromatic nitrogens is 1. The summed E-state index contributed by atoms with van der Waals surface area (Å²) in [5.74, 6) is 2.58. The molecule has 4 atom stereocenters. The second kappa shape index (κ2) is 13.8. The number of epoxide rings is 2. The molecule has 0 N–H and O–H groups in total. The maximum atomic E-state index is 6.03. The van der Waals surface area contributed by atoms with E-state index in [-0.39, 0.29) is 24.4 Å². The van der Waals surface area contributed by atoms with Gasteiger partial charge in [-0.05, 0) is 77.6 Å². The topological polar surface area (TPSA) is 74.9 Å². The molecule has 0 radical (unpaired) electrons. The number of benzene rings is 4. The Morgan fingerprint density at radius 1 is 0.543 bits per heavy atom. The van der Waals surface area contributed by atoms with Crippen LogP contribution in [-0.2, 0) is 18.9 Å². The average molecular weight is 616 g/mol. The minimum Gasteiger partial charge on any atom is -0.456 e. The molecular weight excluding hydrogens is 578 g/mol. The first-order valence-corrected chi connectivity index (χ1v) is 15.7. The Morgan fingerprint density at radius 2 is 0.935 bits per heavy atom. The number of pyridine rings is 1. The molecule has 0 amide bonds. The van der Waals surface area contributed by atoms with Crippen LogP contribution in [0, 0.1) is 0 Å². The van der Waals surface area contributed by atoms with E-state index in [9.17, 15) is 0 Å². The second-order valence-corrected chi connectivity index (χ2v) is 11.7. The zero-order valence-electron chi connectivity index (χ0n) is 26.0. The van der Waals surface area contributed by atoms with Crippen LogP contribution >= 0.6 is 0 Å². The highest BCUT2D eigenvalue weighted by molar-refractivity contribution is 5.65. The summed E-state index contributed by atoms with van der Waals surface area (Å²) < 4.78 is 34.2. The van der Waals surface area contributed by atoms with E-state index in [4.69, 9.17) is 28.4 Å². The lowest BCUT2D eigenvalue weighted by Crippen LogP contribution is -2.05. The van der Waals surface area contributed by atoms with Crippen LogP contribution in [0.5, 0.6) is 23.1 Å². The van der Waals surface area contributed by atoms with E-state index in [0.29, 0.717) is 30.6 Å². The van der Waals surface area contributed by atoms with Gasteiger partial charge in [0.1, 0.15) is 29.5 Å². The summed E-state index contributed by atoms with van der Waals surface area (Å²) >= 11 is 0. The van der Waals surface area contributed by atoms with E-state index in [0.717, 1.165) is 52.3 Å². The molecule has 7 nitrogen and oxygen atoms in total. The molecule has 7 heteroatoms. The monoisotopic (exact) mass is 615 g/mol. The van der Waals surface area contributed by atoms with Crippen molar-refractivity contribution in [3.63, 3.8) is 0 Å². The van der Waals surface area contributed by atoms with Crippen molar-refractivity contribution >= 4 is 0 Å². The molecule has 2 aliphatic rings. The summed E-state index contributed by atoms with van der Waals surface area (Å²) in [6.07, 6.45) is 2.28. The van der Waals surface area contributed by atoms with Gasteiger partial charge in [0, 0.05) is 6.07 Å². The fraction of sp³-hybridized carbons (Fsp3) is 0.256. The quantitative estimate of drug-likeness (QED) is 0.115. The third kappa shape index (κ3) is 8.00. The molecule has 0 bridgehead atoms. The van der Waals surface area contributed by atoms with Crippen molar-refractivity contribution in [3.8, 4) is 45.4 Å². The standard InChI is InChI=1S/C39H37NO6/c1-26(41-22-37-24-43-37)28-3-7-30(8-4-28)32-11-15-34(16-12-32)45-36-19-20-39(40-21-36)46-35-17-13-33(14-18-35)31-9-5-29(6-10-31)27(2)42-23-38-25-44-38/h3-21,26-27,37-38H,22-25H2,1-2H3. The number of rotatable bonds is 14. The Hall–Kier alpha value is -4.53. The molecule has 0 saturated carbocycles. The van der Waals surface area contributed by atoms with Crippen LogP contribution in [0.3, 0.4) is 0 Å². The van der Waals surface area contributed by atoms with E-state index >= 15 is 0 Å². The molecule has 4 aromatic carbocycles. The third-order valence-corrected chi connectivity index (χ3v) is 8.17. The molecule has 4 unspecified atom stereocenters. The number of hydrogen-bond acceptors (Lipinski definition) is 7. The highest BCUT2D eigenvalue weighted by atomic mass is 16.6. The van der Waals surface area contributed by atoms with E-state index < -0.39 is 0 Å². The highest BCUT2D eigenvalue weighted by Crippen LogP contribution is 2.30. The van der Waals surface area contributed by atoms with E-state index in [2.05, 4.69) is 79.5 Å². The lowest BCUT2D eigenvalue weighted by atomic mass is 10.0. The largest absolute Gasteiger partial charge is 0.456 e. The summed E-state index contributed by atoms with van der Waals surface area (Å²) in [7, 11) is 0. The van der Waals surface area contributed by atoms with Gasteiger partial charge in [0.05, 0.1) is 44.8 Å². The first-order chi connectivity index (χ1) is 22.6.